The number of hydrogen-bond acceptors (Lipinski definition) is 5. The van der Waals surface area contributed by atoms with Gasteiger partial charge in [0.2, 0.25) is 0 Å². The molecule has 0 spiro atoms. The number of aliphatic hydroxyl groups excluding tert-OH is 1. The molecule has 1 heterocycles. The molecule has 1 aromatic heterocycles. The van der Waals surface area contributed by atoms with Gasteiger partial charge in [0.15, 0.2) is 0 Å². The Labute approximate surface area is 154 Å². The van der Waals surface area contributed by atoms with E-state index in [-0.39, 0.29) is 6.54 Å². The zero-order valence-corrected chi connectivity index (χ0v) is 14.8. The molecule has 0 fully saturated rings. The van der Waals surface area contributed by atoms with Gasteiger partial charge in [0, 0.05) is 11.4 Å². The first-order valence-corrected chi connectivity index (χ1v) is 9.05. The van der Waals surface area contributed by atoms with E-state index < -0.39 is 23.8 Å². The first-order valence-electron chi connectivity index (χ1n) is 8.24. The molecule has 1 atom stereocenters. The molecule has 2 aromatic rings. The van der Waals surface area contributed by atoms with Crippen molar-refractivity contribution in [1.29, 1.82) is 0 Å². The van der Waals surface area contributed by atoms with Crippen molar-refractivity contribution in [3.8, 4) is 0 Å². The standard InChI is InChI=1S/C18H19N3O4S/c19-15(23)14-11-7-4-8-13(11)26-18(14)21-17(25)16(24)20-9-12(22)10-5-2-1-3-6-10/h1-3,5-6,12,22H,4,7-9H2,(H2,19,23)(H,20,24)(H,21,25)/t12-/m0/s1. The van der Waals surface area contributed by atoms with Gasteiger partial charge in [-0.25, -0.2) is 0 Å². The lowest BCUT2D eigenvalue weighted by atomic mass is 10.1. The van der Waals surface area contributed by atoms with E-state index >= 15 is 0 Å². The highest BCUT2D eigenvalue weighted by Crippen LogP contribution is 2.38. The Hall–Kier alpha value is -2.71. The van der Waals surface area contributed by atoms with Crippen molar-refractivity contribution in [2.24, 2.45) is 5.73 Å². The Morgan fingerprint density at radius 2 is 1.88 bits per heavy atom. The van der Waals surface area contributed by atoms with E-state index in [1.165, 1.54) is 11.3 Å². The molecule has 7 nitrogen and oxygen atoms in total. The number of nitrogens with one attached hydrogen (secondary N) is 2. The monoisotopic (exact) mass is 373 g/mol. The van der Waals surface area contributed by atoms with Crippen LogP contribution in [0.2, 0.25) is 0 Å². The number of hydrogen-bond donors (Lipinski definition) is 4. The summed E-state index contributed by atoms with van der Waals surface area (Å²) in [4.78, 5) is 36.8. The minimum atomic E-state index is -0.917. The molecule has 136 valence electrons. The minimum absolute atomic E-state index is 0.0973. The first-order chi connectivity index (χ1) is 12.5. The van der Waals surface area contributed by atoms with E-state index in [2.05, 4.69) is 10.6 Å². The van der Waals surface area contributed by atoms with Crippen molar-refractivity contribution < 1.29 is 19.5 Å². The predicted molar refractivity (Wildman–Crippen MR) is 97.9 cm³/mol. The molecule has 26 heavy (non-hydrogen) atoms. The van der Waals surface area contributed by atoms with Crippen LogP contribution in [0.4, 0.5) is 5.00 Å². The molecule has 1 aromatic carbocycles. The third-order valence-electron chi connectivity index (χ3n) is 4.24. The lowest BCUT2D eigenvalue weighted by Crippen LogP contribution is -2.37. The number of benzene rings is 1. The Morgan fingerprint density at radius 3 is 2.58 bits per heavy atom. The molecule has 3 rings (SSSR count). The molecule has 5 N–H and O–H groups in total. The Bertz CT molecular complexity index is 848. The Morgan fingerprint density at radius 1 is 1.15 bits per heavy atom. The quantitative estimate of drug-likeness (QED) is 0.587. The molecule has 3 amide bonds. The van der Waals surface area contributed by atoms with Gasteiger partial charge in [0.1, 0.15) is 5.00 Å². The van der Waals surface area contributed by atoms with Crippen LogP contribution in [0.25, 0.3) is 0 Å². The highest BCUT2D eigenvalue weighted by Gasteiger charge is 2.27. The van der Waals surface area contributed by atoms with E-state index in [1.54, 1.807) is 24.3 Å². The van der Waals surface area contributed by atoms with Gasteiger partial charge in [-0.3, -0.25) is 14.4 Å². The van der Waals surface area contributed by atoms with Crippen LogP contribution in [0.15, 0.2) is 30.3 Å². The number of carbonyl (C=O) groups excluding carboxylic acids is 3. The van der Waals surface area contributed by atoms with E-state index in [4.69, 9.17) is 5.73 Å². The second-order valence-electron chi connectivity index (χ2n) is 6.02. The molecule has 0 saturated carbocycles. The number of nitrogens with two attached hydrogens (primary N) is 1. The van der Waals surface area contributed by atoms with Crippen LogP contribution in [0.1, 0.15) is 38.9 Å². The average molecular weight is 373 g/mol. The maximum atomic E-state index is 12.1. The normalized spacial score (nSPS) is 13.7. The van der Waals surface area contributed by atoms with Gasteiger partial charge in [-0.15, -0.1) is 11.3 Å². The Balaban J connectivity index is 1.62. The van der Waals surface area contributed by atoms with Crippen LogP contribution in [-0.2, 0) is 22.4 Å². The second-order valence-corrected chi connectivity index (χ2v) is 7.12. The number of aliphatic hydroxyl groups is 1. The first kappa shape index (κ1) is 18.1. The van der Waals surface area contributed by atoms with Crippen molar-refractivity contribution >= 4 is 34.1 Å². The molecule has 0 saturated heterocycles. The van der Waals surface area contributed by atoms with Gasteiger partial charge in [-0.1, -0.05) is 30.3 Å². The average Bonchev–Trinajstić information content (AvgIpc) is 3.20. The second kappa shape index (κ2) is 7.67. The minimum Gasteiger partial charge on any atom is -0.387 e. The van der Waals surface area contributed by atoms with Gasteiger partial charge in [0.25, 0.3) is 5.91 Å². The third-order valence-corrected chi connectivity index (χ3v) is 5.45. The molecular formula is C18H19N3O4S. The van der Waals surface area contributed by atoms with Crippen molar-refractivity contribution in [1.82, 2.24) is 5.32 Å². The molecule has 8 heteroatoms. The zero-order chi connectivity index (χ0) is 18.7. The molecule has 0 aliphatic heterocycles. The lowest BCUT2D eigenvalue weighted by Gasteiger charge is -2.12. The number of carbonyl (C=O) groups is 3. The van der Waals surface area contributed by atoms with Gasteiger partial charge in [-0.2, -0.15) is 0 Å². The molecule has 0 radical (unpaired) electrons. The molecule has 0 unspecified atom stereocenters. The van der Waals surface area contributed by atoms with Gasteiger partial charge < -0.3 is 21.5 Å². The highest BCUT2D eigenvalue weighted by atomic mass is 32.1. The fraction of sp³-hybridized carbons (Fsp3) is 0.278. The van der Waals surface area contributed by atoms with E-state index in [0.717, 1.165) is 29.7 Å². The fourth-order valence-corrected chi connectivity index (χ4v) is 4.27. The number of aryl methyl sites for hydroxylation is 1. The smallest absolute Gasteiger partial charge is 0.314 e. The molecular weight excluding hydrogens is 354 g/mol. The number of primary amides is 1. The topological polar surface area (TPSA) is 122 Å². The lowest BCUT2D eigenvalue weighted by molar-refractivity contribution is -0.136. The van der Waals surface area contributed by atoms with Crippen molar-refractivity contribution in [3.05, 3.63) is 51.9 Å². The number of amides is 3. The van der Waals surface area contributed by atoms with Crippen LogP contribution in [0, 0.1) is 0 Å². The maximum Gasteiger partial charge on any atom is 0.314 e. The van der Waals surface area contributed by atoms with Gasteiger partial charge >= 0.3 is 11.8 Å². The molecule has 0 bridgehead atoms. The predicted octanol–water partition coefficient (Wildman–Crippen LogP) is 1.12. The number of anilines is 1. The number of fused-ring (bicyclic) bond motifs is 1. The summed E-state index contributed by atoms with van der Waals surface area (Å²) >= 11 is 1.28. The van der Waals surface area contributed by atoms with E-state index in [0.29, 0.717) is 16.1 Å². The summed E-state index contributed by atoms with van der Waals surface area (Å²) in [5.41, 5.74) is 7.24. The zero-order valence-electron chi connectivity index (χ0n) is 14.0. The van der Waals surface area contributed by atoms with Crippen LogP contribution in [0.5, 0.6) is 0 Å². The summed E-state index contributed by atoms with van der Waals surface area (Å²) in [6, 6.07) is 8.81. The number of rotatable bonds is 5. The van der Waals surface area contributed by atoms with Crippen LogP contribution in [0.3, 0.4) is 0 Å². The SMILES string of the molecule is NC(=O)c1c(NC(=O)C(=O)NC[C@H](O)c2ccccc2)sc2c1CCC2. The largest absolute Gasteiger partial charge is 0.387 e. The summed E-state index contributed by atoms with van der Waals surface area (Å²) in [6.45, 7) is -0.0973. The Kier molecular flexibility index (Phi) is 5.34. The summed E-state index contributed by atoms with van der Waals surface area (Å²) in [5.74, 6) is -2.39. The van der Waals surface area contributed by atoms with Crippen molar-refractivity contribution in [3.63, 3.8) is 0 Å². The third kappa shape index (κ3) is 3.76. The maximum absolute atomic E-state index is 12.1. The summed E-state index contributed by atoms with van der Waals surface area (Å²) in [5, 5.41) is 15.2. The number of thiophene rings is 1. The van der Waals surface area contributed by atoms with E-state index in [1.807, 2.05) is 6.07 Å². The summed E-state index contributed by atoms with van der Waals surface area (Å²) in [6.07, 6.45) is 1.62. The highest BCUT2D eigenvalue weighted by molar-refractivity contribution is 7.17. The van der Waals surface area contributed by atoms with Gasteiger partial charge in [0.05, 0.1) is 11.7 Å². The molecule has 1 aliphatic carbocycles. The van der Waals surface area contributed by atoms with Crippen molar-refractivity contribution in [2.45, 2.75) is 25.4 Å². The van der Waals surface area contributed by atoms with Crippen LogP contribution in [-0.4, -0.2) is 29.4 Å². The fourth-order valence-electron chi connectivity index (χ4n) is 2.98. The summed E-state index contributed by atoms with van der Waals surface area (Å²) < 4.78 is 0. The van der Waals surface area contributed by atoms with Crippen LogP contribution < -0.4 is 16.4 Å². The van der Waals surface area contributed by atoms with Gasteiger partial charge in [-0.05, 0) is 30.4 Å². The van der Waals surface area contributed by atoms with Crippen molar-refractivity contribution in [2.75, 3.05) is 11.9 Å². The molecule has 1 aliphatic rings. The summed E-state index contributed by atoms with van der Waals surface area (Å²) in [7, 11) is 0. The van der Waals surface area contributed by atoms with E-state index in [9.17, 15) is 19.5 Å². The van der Waals surface area contributed by atoms with Crippen LogP contribution >= 0.6 is 11.3 Å².